The van der Waals surface area contributed by atoms with E-state index in [1.54, 1.807) is 6.26 Å². The Hall–Kier alpha value is -5.80. The largest absolute Gasteiger partial charge is 0.464 e. The molecular weight excluding hydrogens is 528 g/mol. The van der Waals surface area contributed by atoms with Gasteiger partial charge in [0.25, 0.3) is 0 Å². The Morgan fingerprint density at radius 3 is 1.70 bits per heavy atom. The van der Waals surface area contributed by atoms with Gasteiger partial charge in [-0.25, -0.2) is 0 Å². The average Bonchev–Trinajstić information content (AvgIpc) is 3.78. The van der Waals surface area contributed by atoms with Crippen molar-refractivity contribution >= 4 is 76.4 Å². The molecule has 0 aliphatic heterocycles. The van der Waals surface area contributed by atoms with Crippen molar-refractivity contribution in [2.45, 2.75) is 0 Å². The molecule has 43 heavy (non-hydrogen) atoms. The summed E-state index contributed by atoms with van der Waals surface area (Å²) in [4.78, 5) is 0. The van der Waals surface area contributed by atoms with E-state index in [-0.39, 0.29) is 0 Å². The standard InChI is InChI=1S/C40H22O3/c1-3-12-27-25(10-1)35(30-15-8-18-33-37(30)38-34(42-33)20-19-23-21-22-41-39(23)38)26-11-2-4-13-28(26)36(27)31-16-7-14-29-24-9-5-6-17-32(24)43-40(29)31/h1-22H. The van der Waals surface area contributed by atoms with E-state index in [1.165, 1.54) is 32.7 Å². The third kappa shape index (κ3) is 3.03. The molecule has 10 rings (SSSR count). The highest BCUT2D eigenvalue weighted by molar-refractivity contribution is 6.29. The number of furan rings is 3. The molecule has 0 N–H and O–H groups in total. The normalized spacial score (nSPS) is 12.2. The second-order valence-corrected chi connectivity index (χ2v) is 11.2. The van der Waals surface area contributed by atoms with Crippen LogP contribution in [-0.4, -0.2) is 0 Å². The van der Waals surface area contributed by atoms with Gasteiger partial charge in [-0.3, -0.25) is 0 Å². The average molecular weight is 551 g/mol. The third-order valence-corrected chi connectivity index (χ3v) is 8.95. The zero-order valence-corrected chi connectivity index (χ0v) is 22.9. The number of hydrogen-bond acceptors (Lipinski definition) is 3. The zero-order valence-electron chi connectivity index (χ0n) is 22.9. The first-order valence-electron chi connectivity index (χ1n) is 14.5. The van der Waals surface area contributed by atoms with Crippen molar-refractivity contribution in [1.29, 1.82) is 0 Å². The van der Waals surface area contributed by atoms with Crippen LogP contribution in [0.3, 0.4) is 0 Å². The lowest BCUT2D eigenvalue weighted by atomic mass is 9.84. The summed E-state index contributed by atoms with van der Waals surface area (Å²) < 4.78 is 19.0. The first-order chi connectivity index (χ1) is 21.3. The Bertz CT molecular complexity index is 2680. The van der Waals surface area contributed by atoms with Gasteiger partial charge in [-0.1, -0.05) is 97.1 Å². The van der Waals surface area contributed by atoms with Crippen LogP contribution in [0.1, 0.15) is 0 Å². The fourth-order valence-corrected chi connectivity index (χ4v) is 7.19. The van der Waals surface area contributed by atoms with Gasteiger partial charge in [-0.2, -0.15) is 0 Å². The SMILES string of the molecule is c1ccc2c(c1)oc1c(-c3c4ccccc4c(-c4cccc5oc6ccc7ccoc7c6c45)c4ccccc34)cccc12. The number of hydrogen-bond donors (Lipinski definition) is 0. The Morgan fingerprint density at radius 2 is 0.930 bits per heavy atom. The minimum absolute atomic E-state index is 0.826. The second kappa shape index (κ2) is 8.37. The van der Waals surface area contributed by atoms with Gasteiger partial charge in [0, 0.05) is 32.7 Å². The molecule has 3 heterocycles. The van der Waals surface area contributed by atoms with E-state index in [2.05, 4.69) is 103 Å². The monoisotopic (exact) mass is 550 g/mol. The van der Waals surface area contributed by atoms with Gasteiger partial charge in [0.15, 0.2) is 0 Å². The molecule has 3 nitrogen and oxygen atoms in total. The number of para-hydroxylation sites is 2. The van der Waals surface area contributed by atoms with Gasteiger partial charge >= 0.3 is 0 Å². The Labute approximate surface area is 245 Å². The highest BCUT2D eigenvalue weighted by Crippen LogP contribution is 2.49. The summed E-state index contributed by atoms with van der Waals surface area (Å²) in [6.45, 7) is 0. The van der Waals surface area contributed by atoms with E-state index in [0.29, 0.717) is 0 Å². The van der Waals surface area contributed by atoms with E-state index >= 15 is 0 Å². The molecule has 0 atom stereocenters. The molecule has 10 aromatic rings. The van der Waals surface area contributed by atoms with Crippen LogP contribution in [0.15, 0.2) is 147 Å². The summed E-state index contributed by atoms with van der Waals surface area (Å²) in [5.74, 6) is 0. The van der Waals surface area contributed by atoms with Crippen molar-refractivity contribution in [3.63, 3.8) is 0 Å². The van der Waals surface area contributed by atoms with Crippen molar-refractivity contribution < 1.29 is 13.3 Å². The van der Waals surface area contributed by atoms with Crippen molar-refractivity contribution in [2.24, 2.45) is 0 Å². The summed E-state index contributed by atoms with van der Waals surface area (Å²) in [5, 5.41) is 10.1. The van der Waals surface area contributed by atoms with Crippen molar-refractivity contribution in [2.75, 3.05) is 0 Å². The summed E-state index contributed by atoms with van der Waals surface area (Å²) in [7, 11) is 0. The van der Waals surface area contributed by atoms with Crippen LogP contribution in [-0.2, 0) is 0 Å². The van der Waals surface area contributed by atoms with Gasteiger partial charge in [0.05, 0.1) is 11.6 Å². The fraction of sp³-hybridized carbons (Fsp3) is 0. The van der Waals surface area contributed by atoms with Crippen LogP contribution in [0.2, 0.25) is 0 Å². The highest BCUT2D eigenvalue weighted by atomic mass is 16.3. The maximum absolute atomic E-state index is 6.56. The lowest BCUT2D eigenvalue weighted by Gasteiger charge is -2.18. The summed E-state index contributed by atoms with van der Waals surface area (Å²) in [6, 6.07) is 44.7. The third-order valence-electron chi connectivity index (χ3n) is 8.95. The molecule has 0 amide bonds. The number of benzene rings is 7. The van der Waals surface area contributed by atoms with E-state index in [4.69, 9.17) is 13.3 Å². The molecule has 200 valence electrons. The maximum atomic E-state index is 6.56. The molecule has 7 aromatic carbocycles. The molecule has 0 spiro atoms. The van der Waals surface area contributed by atoms with Crippen LogP contribution in [0.25, 0.3) is 98.6 Å². The molecule has 0 saturated carbocycles. The summed E-state index contributed by atoms with van der Waals surface area (Å²) in [5.41, 5.74) is 8.92. The minimum atomic E-state index is 0.826. The van der Waals surface area contributed by atoms with Gasteiger partial charge in [-0.05, 0) is 63.0 Å². The first kappa shape index (κ1) is 22.8. The Balaban J connectivity index is 1.39. The Kier molecular flexibility index (Phi) is 4.45. The molecule has 0 bridgehead atoms. The molecule has 0 fully saturated rings. The number of fused-ring (bicyclic) bond motifs is 10. The van der Waals surface area contributed by atoms with E-state index in [1.807, 2.05) is 24.3 Å². The quantitative estimate of drug-likeness (QED) is 0.201. The lowest BCUT2D eigenvalue weighted by molar-refractivity contribution is 0.618. The predicted octanol–water partition coefficient (Wildman–Crippen LogP) is 11.9. The first-order valence-corrected chi connectivity index (χ1v) is 14.5. The van der Waals surface area contributed by atoms with Crippen LogP contribution in [0.4, 0.5) is 0 Å². The number of rotatable bonds is 2. The molecule has 3 aromatic heterocycles. The van der Waals surface area contributed by atoms with Gasteiger partial charge in [0.2, 0.25) is 0 Å². The van der Waals surface area contributed by atoms with E-state index in [9.17, 15) is 0 Å². The molecule has 0 saturated heterocycles. The lowest BCUT2D eigenvalue weighted by Crippen LogP contribution is -1.91. The fourth-order valence-electron chi connectivity index (χ4n) is 7.19. The van der Waals surface area contributed by atoms with Crippen molar-refractivity contribution in [1.82, 2.24) is 0 Å². The molecule has 3 heteroatoms. The molecular formula is C40H22O3. The van der Waals surface area contributed by atoms with Crippen LogP contribution >= 0.6 is 0 Å². The second-order valence-electron chi connectivity index (χ2n) is 11.2. The van der Waals surface area contributed by atoms with Gasteiger partial charge < -0.3 is 13.3 Å². The zero-order chi connectivity index (χ0) is 28.1. The molecule has 0 unspecified atom stereocenters. The van der Waals surface area contributed by atoms with Crippen LogP contribution in [0, 0.1) is 0 Å². The van der Waals surface area contributed by atoms with E-state index in [0.717, 1.165) is 66.0 Å². The molecule has 0 radical (unpaired) electrons. The van der Waals surface area contributed by atoms with Crippen LogP contribution < -0.4 is 0 Å². The smallest absolute Gasteiger partial charge is 0.145 e. The Morgan fingerprint density at radius 1 is 0.349 bits per heavy atom. The summed E-state index contributed by atoms with van der Waals surface area (Å²) in [6.07, 6.45) is 1.75. The van der Waals surface area contributed by atoms with Crippen molar-refractivity contribution in [3.8, 4) is 22.3 Å². The topological polar surface area (TPSA) is 39.4 Å². The predicted molar refractivity (Wildman–Crippen MR) is 177 cm³/mol. The minimum Gasteiger partial charge on any atom is -0.464 e. The van der Waals surface area contributed by atoms with Gasteiger partial charge in [0.1, 0.15) is 27.9 Å². The summed E-state index contributed by atoms with van der Waals surface area (Å²) >= 11 is 0. The highest BCUT2D eigenvalue weighted by Gasteiger charge is 2.23. The van der Waals surface area contributed by atoms with E-state index < -0.39 is 0 Å². The molecule has 0 aliphatic carbocycles. The van der Waals surface area contributed by atoms with Crippen molar-refractivity contribution in [3.05, 3.63) is 134 Å². The van der Waals surface area contributed by atoms with Gasteiger partial charge in [-0.15, -0.1) is 0 Å². The maximum Gasteiger partial charge on any atom is 0.145 e. The van der Waals surface area contributed by atoms with Crippen LogP contribution in [0.5, 0.6) is 0 Å². The molecule has 0 aliphatic rings.